The van der Waals surface area contributed by atoms with Gasteiger partial charge in [-0.2, -0.15) is 0 Å². The number of hydrogen-bond acceptors (Lipinski definition) is 1. The van der Waals surface area contributed by atoms with E-state index in [9.17, 15) is 0 Å². The van der Waals surface area contributed by atoms with E-state index in [1.807, 2.05) is 2.92 Å². The summed E-state index contributed by atoms with van der Waals surface area (Å²) < 4.78 is 6.79. The molecule has 2 heteroatoms. The minimum absolute atomic E-state index is 0.299. The van der Waals surface area contributed by atoms with Gasteiger partial charge in [-0.05, 0) is 0 Å². The summed E-state index contributed by atoms with van der Waals surface area (Å²) >= 11 is -0.175. The van der Waals surface area contributed by atoms with Crippen LogP contribution in [0.3, 0.4) is 0 Å². The predicted octanol–water partition coefficient (Wildman–Crippen LogP) is 8.95. The first-order chi connectivity index (χ1) is 12.4. The Hall–Kier alpha value is 0.109. The number of thioether (sulfide) groups is 1. The number of benzene rings is 1. The normalized spacial score (nSPS) is 13.2. The second kappa shape index (κ2) is 12.5. The first kappa shape index (κ1) is 24.1. The van der Waals surface area contributed by atoms with Crippen molar-refractivity contribution in [3.63, 3.8) is 0 Å². The van der Waals surface area contributed by atoms with Crippen LogP contribution in [0.4, 0.5) is 0 Å². The molecule has 0 aliphatic heterocycles. The van der Waals surface area contributed by atoms with Gasteiger partial charge < -0.3 is 0 Å². The molecule has 0 saturated carbocycles. The van der Waals surface area contributed by atoms with Crippen LogP contribution in [0.5, 0.6) is 0 Å². The van der Waals surface area contributed by atoms with Crippen molar-refractivity contribution < 1.29 is 0 Å². The van der Waals surface area contributed by atoms with Crippen molar-refractivity contribution >= 4 is 36.2 Å². The van der Waals surface area contributed by atoms with Gasteiger partial charge in [0, 0.05) is 0 Å². The molecule has 0 amide bonds. The van der Waals surface area contributed by atoms with Crippen LogP contribution < -0.4 is 0 Å². The summed E-state index contributed by atoms with van der Waals surface area (Å²) in [6.45, 7) is 14.3. The summed E-state index contributed by atoms with van der Waals surface area (Å²) in [5.74, 6) is 0. The molecule has 0 aliphatic rings. The van der Waals surface area contributed by atoms with Gasteiger partial charge in [0.25, 0.3) is 0 Å². The molecule has 0 nitrogen and oxygen atoms in total. The van der Waals surface area contributed by atoms with Crippen molar-refractivity contribution in [2.45, 2.75) is 98.1 Å². The SMILES string of the molecule is CCC[CH2][Sn]([CH2]CCC)([CH2]CCC)/[C](=C/c1ccccc1)SC(C)(C)C. The minimum atomic E-state index is -2.38. The molecule has 0 spiro atoms. The quantitative estimate of drug-likeness (QED) is 0.269. The van der Waals surface area contributed by atoms with Crippen molar-refractivity contribution in [2.24, 2.45) is 0 Å². The van der Waals surface area contributed by atoms with Crippen molar-refractivity contribution in [1.29, 1.82) is 0 Å². The van der Waals surface area contributed by atoms with Gasteiger partial charge in [0.1, 0.15) is 0 Å². The number of hydrogen-bond donors (Lipinski definition) is 0. The molecule has 0 bridgehead atoms. The Labute approximate surface area is 172 Å². The van der Waals surface area contributed by atoms with E-state index in [0.717, 1.165) is 0 Å². The second-order valence-electron chi connectivity index (χ2n) is 8.72. The molecule has 1 aromatic carbocycles. The summed E-state index contributed by atoms with van der Waals surface area (Å²) in [4.78, 5) is 0. The molecule has 148 valence electrons. The molecule has 26 heavy (non-hydrogen) atoms. The molecule has 0 saturated heterocycles. The molecule has 0 aromatic heterocycles. The van der Waals surface area contributed by atoms with E-state index in [1.165, 1.54) is 44.1 Å². The second-order valence-corrected chi connectivity index (χ2v) is 24.8. The Kier molecular flexibility index (Phi) is 11.7. The average molecular weight is 481 g/mol. The average Bonchev–Trinajstić information content (AvgIpc) is 2.61. The van der Waals surface area contributed by atoms with Gasteiger partial charge in [-0.25, -0.2) is 0 Å². The molecule has 0 unspecified atom stereocenters. The van der Waals surface area contributed by atoms with Crippen LogP contribution >= 0.6 is 11.8 Å². The van der Waals surface area contributed by atoms with Crippen LogP contribution in [0, 0.1) is 0 Å². The van der Waals surface area contributed by atoms with Crippen LogP contribution in [0.25, 0.3) is 6.08 Å². The summed E-state index contributed by atoms with van der Waals surface area (Å²) in [6, 6.07) is 11.1. The summed E-state index contributed by atoms with van der Waals surface area (Å²) in [6.07, 6.45) is 10.9. The third kappa shape index (κ3) is 8.86. The fraction of sp³-hybridized carbons (Fsp3) is 0.667. The third-order valence-corrected chi connectivity index (χ3v) is 24.4. The number of rotatable bonds is 12. The predicted molar refractivity (Wildman–Crippen MR) is 127 cm³/mol. The molecular weight excluding hydrogens is 439 g/mol. The first-order valence-corrected chi connectivity index (χ1v) is 19.1. The first-order valence-electron chi connectivity index (χ1n) is 10.8. The maximum absolute atomic E-state index is 2.60. The van der Waals surface area contributed by atoms with Crippen molar-refractivity contribution in [3.05, 3.63) is 38.8 Å². The molecule has 0 fully saturated rings. The van der Waals surface area contributed by atoms with E-state index >= 15 is 0 Å². The van der Waals surface area contributed by atoms with E-state index in [-0.39, 0.29) is 0 Å². The van der Waals surface area contributed by atoms with E-state index in [1.54, 1.807) is 13.3 Å². The standard InChI is InChI=1S/C12H15S.3C4H9.Sn/c1-12(2,3)13-10-9-11-7-5-4-6-8-11;3*1-3-4-2;/h4-9H,1-3H3;3*1,3-4H2,2H3;. The van der Waals surface area contributed by atoms with Crippen LogP contribution in [0.15, 0.2) is 33.3 Å². The molecule has 0 heterocycles. The van der Waals surface area contributed by atoms with E-state index < -0.39 is 18.4 Å². The van der Waals surface area contributed by atoms with Crippen molar-refractivity contribution in [2.75, 3.05) is 0 Å². The monoisotopic (exact) mass is 482 g/mol. The molecule has 0 N–H and O–H groups in total. The van der Waals surface area contributed by atoms with E-state index in [4.69, 9.17) is 0 Å². The van der Waals surface area contributed by atoms with Crippen LogP contribution in [0.2, 0.25) is 13.3 Å². The third-order valence-electron chi connectivity index (χ3n) is 5.06. The zero-order valence-electron chi connectivity index (χ0n) is 18.2. The number of unbranched alkanes of at least 4 members (excludes halogenated alkanes) is 3. The topological polar surface area (TPSA) is 0 Å². The molecular formula is C24H42SSn. The molecule has 1 aromatic rings. The molecule has 0 radical (unpaired) electrons. The van der Waals surface area contributed by atoms with Crippen LogP contribution in [0.1, 0.15) is 85.6 Å². The fourth-order valence-corrected chi connectivity index (χ4v) is 25.6. The van der Waals surface area contributed by atoms with Gasteiger partial charge in [-0.1, -0.05) is 0 Å². The maximum atomic E-state index is 2.60. The Morgan fingerprint density at radius 3 is 1.69 bits per heavy atom. The van der Waals surface area contributed by atoms with Crippen LogP contribution in [-0.2, 0) is 0 Å². The van der Waals surface area contributed by atoms with Crippen molar-refractivity contribution in [3.8, 4) is 0 Å². The van der Waals surface area contributed by atoms with Gasteiger partial charge in [0.15, 0.2) is 0 Å². The van der Waals surface area contributed by atoms with Gasteiger partial charge in [0.05, 0.1) is 0 Å². The molecule has 0 atom stereocenters. The zero-order valence-corrected chi connectivity index (χ0v) is 21.9. The van der Waals surface area contributed by atoms with Crippen LogP contribution in [-0.4, -0.2) is 23.1 Å². The molecule has 0 aliphatic carbocycles. The van der Waals surface area contributed by atoms with Gasteiger partial charge in [0.2, 0.25) is 0 Å². The van der Waals surface area contributed by atoms with Gasteiger partial charge in [-0.3, -0.25) is 0 Å². The Bertz CT molecular complexity index is 491. The van der Waals surface area contributed by atoms with Crippen molar-refractivity contribution in [1.82, 2.24) is 0 Å². The Morgan fingerprint density at radius 2 is 1.31 bits per heavy atom. The molecule has 1 rings (SSSR count). The summed E-state index contributed by atoms with van der Waals surface area (Å²) in [7, 11) is 0. The Balaban J connectivity index is 3.37. The summed E-state index contributed by atoms with van der Waals surface area (Å²) in [5, 5.41) is 0. The zero-order chi connectivity index (χ0) is 19.5. The fourth-order valence-electron chi connectivity index (χ4n) is 3.61. The summed E-state index contributed by atoms with van der Waals surface area (Å²) in [5.41, 5.74) is 1.41. The van der Waals surface area contributed by atoms with E-state index in [2.05, 4.69) is 89.7 Å². The van der Waals surface area contributed by atoms with Gasteiger partial charge in [-0.15, -0.1) is 0 Å². The van der Waals surface area contributed by atoms with E-state index in [0.29, 0.717) is 4.75 Å². The Morgan fingerprint density at radius 1 is 0.846 bits per heavy atom. The van der Waals surface area contributed by atoms with Gasteiger partial charge >= 0.3 is 173 Å².